The largest absolute Gasteiger partial charge is 0.297 e. The molecule has 2 aliphatic rings. The maximum absolute atomic E-state index is 2.65. The van der Waals surface area contributed by atoms with Gasteiger partial charge in [0.1, 0.15) is 0 Å². The lowest BCUT2D eigenvalue weighted by atomic mass is 10.0. The number of rotatable bonds is 1. The topological polar surface area (TPSA) is 3.24 Å². The van der Waals surface area contributed by atoms with Crippen LogP contribution in [0.2, 0.25) is 0 Å². The lowest BCUT2D eigenvalue weighted by molar-refractivity contribution is 0.256. The van der Waals surface area contributed by atoms with Crippen LogP contribution in [0.15, 0.2) is 12.2 Å². The Morgan fingerprint density at radius 3 is 2.83 bits per heavy atom. The lowest BCUT2D eigenvalue weighted by Gasteiger charge is -2.27. The summed E-state index contributed by atoms with van der Waals surface area (Å²) in [6, 6.07) is 0.781. The van der Waals surface area contributed by atoms with Crippen molar-refractivity contribution in [2.75, 3.05) is 13.1 Å². The van der Waals surface area contributed by atoms with E-state index in [1.807, 2.05) is 0 Å². The molecule has 0 aromatic rings. The molecule has 68 valence electrons. The van der Waals surface area contributed by atoms with E-state index in [9.17, 15) is 0 Å². The molecule has 1 aliphatic heterocycles. The van der Waals surface area contributed by atoms with Crippen LogP contribution < -0.4 is 0 Å². The second kappa shape index (κ2) is 3.61. The van der Waals surface area contributed by atoms with Crippen molar-refractivity contribution in [1.29, 1.82) is 0 Å². The highest BCUT2D eigenvalue weighted by Crippen LogP contribution is 2.23. The van der Waals surface area contributed by atoms with Crippen LogP contribution in [0.5, 0.6) is 0 Å². The molecule has 12 heavy (non-hydrogen) atoms. The predicted octanol–water partition coefficient (Wildman–Crippen LogP) is 2.44. The molecular formula is C11H19N. The molecule has 0 saturated carbocycles. The van der Waals surface area contributed by atoms with Gasteiger partial charge in [0.15, 0.2) is 0 Å². The fraction of sp³-hybridized carbons (Fsp3) is 0.818. The number of hydrogen-bond donors (Lipinski definition) is 0. The highest BCUT2D eigenvalue weighted by atomic mass is 15.2. The normalized spacial score (nSPS) is 37.4. The van der Waals surface area contributed by atoms with Gasteiger partial charge in [-0.1, -0.05) is 19.1 Å². The predicted molar refractivity (Wildman–Crippen MR) is 52.1 cm³/mol. The Hall–Kier alpha value is -0.300. The van der Waals surface area contributed by atoms with E-state index in [0.717, 1.165) is 12.0 Å². The van der Waals surface area contributed by atoms with Gasteiger partial charge < -0.3 is 0 Å². The van der Waals surface area contributed by atoms with Gasteiger partial charge in [-0.15, -0.1) is 0 Å². The number of likely N-dealkylation sites (tertiary alicyclic amines) is 1. The van der Waals surface area contributed by atoms with Gasteiger partial charge in [0.2, 0.25) is 0 Å². The van der Waals surface area contributed by atoms with Crippen molar-refractivity contribution in [3.63, 3.8) is 0 Å². The van der Waals surface area contributed by atoms with Gasteiger partial charge in [-0.3, -0.25) is 4.90 Å². The van der Waals surface area contributed by atoms with E-state index < -0.39 is 0 Å². The summed E-state index contributed by atoms with van der Waals surface area (Å²) >= 11 is 0. The van der Waals surface area contributed by atoms with Crippen LogP contribution in [0.3, 0.4) is 0 Å². The van der Waals surface area contributed by atoms with E-state index in [1.54, 1.807) is 0 Å². The third-order valence-electron chi connectivity index (χ3n) is 3.15. The van der Waals surface area contributed by atoms with Crippen molar-refractivity contribution in [3.05, 3.63) is 12.2 Å². The minimum absolute atomic E-state index is 0.781. The van der Waals surface area contributed by atoms with Crippen LogP contribution >= 0.6 is 0 Å². The van der Waals surface area contributed by atoms with Gasteiger partial charge in [0, 0.05) is 12.6 Å². The smallest absolute Gasteiger partial charge is 0.0278 e. The number of hydrogen-bond acceptors (Lipinski definition) is 1. The monoisotopic (exact) mass is 165 g/mol. The van der Waals surface area contributed by atoms with Crippen LogP contribution in [0.1, 0.15) is 32.6 Å². The van der Waals surface area contributed by atoms with Gasteiger partial charge in [0.05, 0.1) is 0 Å². The van der Waals surface area contributed by atoms with E-state index in [1.165, 1.54) is 38.8 Å². The highest BCUT2D eigenvalue weighted by Gasteiger charge is 2.24. The maximum atomic E-state index is 2.65. The molecule has 1 fully saturated rings. The molecule has 1 heteroatoms. The van der Waals surface area contributed by atoms with E-state index >= 15 is 0 Å². The van der Waals surface area contributed by atoms with Gasteiger partial charge in [0.25, 0.3) is 0 Å². The Balaban J connectivity index is 1.91. The highest BCUT2D eigenvalue weighted by molar-refractivity contribution is 4.99. The molecule has 2 atom stereocenters. The fourth-order valence-electron chi connectivity index (χ4n) is 2.37. The van der Waals surface area contributed by atoms with Gasteiger partial charge in [-0.2, -0.15) is 0 Å². The molecule has 0 radical (unpaired) electrons. The molecule has 0 amide bonds. The quantitative estimate of drug-likeness (QED) is 0.539. The molecule has 0 spiro atoms. The van der Waals surface area contributed by atoms with Crippen LogP contribution in [-0.4, -0.2) is 24.0 Å². The van der Waals surface area contributed by atoms with E-state index in [0.29, 0.717) is 0 Å². The minimum atomic E-state index is 0.781. The summed E-state index contributed by atoms with van der Waals surface area (Å²) < 4.78 is 0. The van der Waals surface area contributed by atoms with Crippen LogP contribution in [0.25, 0.3) is 0 Å². The third-order valence-corrected chi connectivity index (χ3v) is 3.15. The van der Waals surface area contributed by atoms with Crippen molar-refractivity contribution in [2.45, 2.75) is 38.6 Å². The first-order valence-electron chi connectivity index (χ1n) is 5.27. The Bertz CT molecular complexity index is 174. The molecule has 1 aliphatic carbocycles. The third kappa shape index (κ3) is 1.71. The van der Waals surface area contributed by atoms with Crippen molar-refractivity contribution < 1.29 is 0 Å². The molecule has 0 aromatic heterocycles. The molecule has 0 bridgehead atoms. The molecule has 1 saturated heterocycles. The molecule has 0 aromatic carbocycles. The summed E-state index contributed by atoms with van der Waals surface area (Å²) in [7, 11) is 0. The molecular weight excluding hydrogens is 146 g/mol. The molecule has 2 unspecified atom stereocenters. The van der Waals surface area contributed by atoms with Crippen molar-refractivity contribution in [3.8, 4) is 0 Å². The average molecular weight is 165 g/mol. The summed E-state index contributed by atoms with van der Waals surface area (Å²) in [5, 5.41) is 0. The maximum Gasteiger partial charge on any atom is 0.0278 e. The summed E-state index contributed by atoms with van der Waals surface area (Å²) in [5.74, 6) is 0.931. The van der Waals surface area contributed by atoms with Crippen molar-refractivity contribution in [2.24, 2.45) is 5.92 Å². The van der Waals surface area contributed by atoms with Gasteiger partial charge in [-0.25, -0.2) is 0 Å². The second-order valence-electron chi connectivity index (χ2n) is 4.32. The Labute approximate surface area is 75.4 Å². The summed E-state index contributed by atoms with van der Waals surface area (Å²) in [6.07, 6.45) is 10.3. The van der Waals surface area contributed by atoms with Crippen LogP contribution in [0.4, 0.5) is 0 Å². The molecule has 1 nitrogen and oxygen atoms in total. The zero-order valence-electron chi connectivity index (χ0n) is 8.00. The minimum Gasteiger partial charge on any atom is -0.297 e. The Kier molecular flexibility index (Phi) is 2.50. The van der Waals surface area contributed by atoms with E-state index in [2.05, 4.69) is 24.0 Å². The standard InChI is InChI=1S/C11H19N/c1-10-7-8-12(9-10)11-5-3-2-4-6-11/h3,5,10-11H,2,4,6-9H2,1H3. The zero-order valence-corrected chi connectivity index (χ0v) is 8.00. The SMILES string of the molecule is CC1CCN(C2C=CCCC2)C1. The first-order chi connectivity index (χ1) is 5.86. The first-order valence-corrected chi connectivity index (χ1v) is 5.27. The zero-order chi connectivity index (χ0) is 8.39. The van der Waals surface area contributed by atoms with Crippen molar-refractivity contribution >= 4 is 0 Å². The molecule has 1 heterocycles. The molecule has 2 rings (SSSR count). The van der Waals surface area contributed by atoms with Gasteiger partial charge >= 0.3 is 0 Å². The van der Waals surface area contributed by atoms with Crippen molar-refractivity contribution in [1.82, 2.24) is 4.90 Å². The number of nitrogens with zero attached hydrogens (tertiary/aromatic N) is 1. The van der Waals surface area contributed by atoms with Crippen LogP contribution in [0, 0.1) is 5.92 Å². The fourth-order valence-corrected chi connectivity index (χ4v) is 2.37. The molecule has 0 N–H and O–H groups in total. The lowest BCUT2D eigenvalue weighted by Crippen LogP contribution is -2.32. The number of allylic oxidation sites excluding steroid dienone is 1. The average Bonchev–Trinajstić information content (AvgIpc) is 2.54. The second-order valence-corrected chi connectivity index (χ2v) is 4.32. The summed E-state index contributed by atoms with van der Waals surface area (Å²) in [5.41, 5.74) is 0. The summed E-state index contributed by atoms with van der Waals surface area (Å²) in [6.45, 7) is 5.03. The first kappa shape index (κ1) is 8.31. The Morgan fingerprint density at radius 1 is 1.33 bits per heavy atom. The van der Waals surface area contributed by atoms with Gasteiger partial charge in [-0.05, 0) is 38.1 Å². The van der Waals surface area contributed by atoms with E-state index in [-0.39, 0.29) is 0 Å². The van der Waals surface area contributed by atoms with E-state index in [4.69, 9.17) is 0 Å². The van der Waals surface area contributed by atoms with Crippen LogP contribution in [-0.2, 0) is 0 Å². The summed E-state index contributed by atoms with van der Waals surface area (Å²) in [4.78, 5) is 2.65. The Morgan fingerprint density at radius 2 is 2.25 bits per heavy atom.